The van der Waals surface area contributed by atoms with Gasteiger partial charge in [0.2, 0.25) is 0 Å². The lowest BCUT2D eigenvalue weighted by molar-refractivity contribution is 0.0696. The molecule has 1 heterocycles. The lowest BCUT2D eigenvalue weighted by Crippen LogP contribution is -2.01. The molecule has 4 nitrogen and oxygen atoms in total. The number of nitrogens with one attached hydrogen (secondary N) is 1. The van der Waals surface area contributed by atoms with Gasteiger partial charge in [0.1, 0.15) is 0 Å². The number of aryl methyl sites for hydroxylation is 1. The zero-order valence-corrected chi connectivity index (χ0v) is 9.11. The monoisotopic (exact) mass is 216 g/mol. The van der Waals surface area contributed by atoms with Crippen molar-refractivity contribution in [1.29, 1.82) is 0 Å². The zero-order chi connectivity index (χ0) is 11.7. The van der Waals surface area contributed by atoms with E-state index in [0.717, 1.165) is 22.3 Å². The second-order valence-corrected chi connectivity index (χ2v) is 3.76. The van der Waals surface area contributed by atoms with Crippen LogP contribution in [0, 0.1) is 13.8 Å². The molecule has 0 spiro atoms. The molecule has 1 aromatic carbocycles. The van der Waals surface area contributed by atoms with Gasteiger partial charge in [-0.15, -0.1) is 0 Å². The maximum Gasteiger partial charge on any atom is 0.335 e. The molecule has 4 heteroatoms. The van der Waals surface area contributed by atoms with Crippen molar-refractivity contribution < 1.29 is 9.90 Å². The first-order valence-corrected chi connectivity index (χ1v) is 4.93. The number of carboxylic acids is 1. The molecule has 0 aliphatic carbocycles. The Morgan fingerprint density at radius 1 is 1.31 bits per heavy atom. The third-order valence-electron chi connectivity index (χ3n) is 2.73. The smallest absolute Gasteiger partial charge is 0.335 e. The van der Waals surface area contributed by atoms with Crippen LogP contribution < -0.4 is 0 Å². The summed E-state index contributed by atoms with van der Waals surface area (Å²) in [5.74, 6) is -0.897. The molecule has 2 aromatic rings. The van der Waals surface area contributed by atoms with E-state index in [9.17, 15) is 4.79 Å². The van der Waals surface area contributed by atoms with E-state index in [1.807, 2.05) is 19.9 Å². The molecule has 1 aromatic heterocycles. The SMILES string of the molecule is Cc1cc(-c2cn[nH]c2)cc(C(=O)O)c1C. The first kappa shape index (κ1) is 10.4. The number of rotatable bonds is 2. The number of H-pyrrole nitrogens is 1. The van der Waals surface area contributed by atoms with E-state index < -0.39 is 5.97 Å². The van der Waals surface area contributed by atoms with E-state index in [4.69, 9.17) is 5.11 Å². The second kappa shape index (κ2) is 3.81. The van der Waals surface area contributed by atoms with Crippen molar-refractivity contribution >= 4 is 5.97 Å². The highest BCUT2D eigenvalue weighted by molar-refractivity contribution is 5.91. The summed E-state index contributed by atoms with van der Waals surface area (Å²) in [6.45, 7) is 3.73. The third-order valence-corrected chi connectivity index (χ3v) is 2.73. The Kier molecular flexibility index (Phi) is 2.48. The van der Waals surface area contributed by atoms with E-state index in [-0.39, 0.29) is 0 Å². The molecule has 16 heavy (non-hydrogen) atoms. The number of carboxylic acid groups (broad SMARTS) is 1. The van der Waals surface area contributed by atoms with Gasteiger partial charge in [0, 0.05) is 11.8 Å². The minimum atomic E-state index is -0.897. The van der Waals surface area contributed by atoms with Crippen LogP contribution in [0.1, 0.15) is 21.5 Å². The van der Waals surface area contributed by atoms with Crippen LogP contribution in [0.25, 0.3) is 11.1 Å². The molecule has 0 saturated heterocycles. The van der Waals surface area contributed by atoms with Crippen molar-refractivity contribution in [2.75, 3.05) is 0 Å². The van der Waals surface area contributed by atoms with Gasteiger partial charge in [-0.25, -0.2) is 4.79 Å². The molecule has 0 aliphatic heterocycles. The summed E-state index contributed by atoms with van der Waals surface area (Å²) >= 11 is 0. The Labute approximate surface area is 92.9 Å². The Morgan fingerprint density at radius 3 is 2.62 bits per heavy atom. The zero-order valence-electron chi connectivity index (χ0n) is 9.11. The predicted octanol–water partition coefficient (Wildman–Crippen LogP) is 2.39. The molecule has 0 fully saturated rings. The summed E-state index contributed by atoms with van der Waals surface area (Å²) in [6, 6.07) is 3.64. The fourth-order valence-corrected chi connectivity index (χ4v) is 1.66. The lowest BCUT2D eigenvalue weighted by Gasteiger charge is -2.07. The third kappa shape index (κ3) is 1.69. The molecule has 2 N–H and O–H groups in total. The van der Waals surface area contributed by atoms with Gasteiger partial charge < -0.3 is 5.11 Å². The number of benzene rings is 1. The van der Waals surface area contributed by atoms with Gasteiger partial charge in [-0.2, -0.15) is 5.10 Å². The highest BCUT2D eigenvalue weighted by Gasteiger charge is 2.11. The number of aromatic carboxylic acids is 1. The molecule has 0 atom stereocenters. The first-order valence-electron chi connectivity index (χ1n) is 4.93. The van der Waals surface area contributed by atoms with Gasteiger partial charge >= 0.3 is 5.97 Å². The lowest BCUT2D eigenvalue weighted by atomic mass is 9.97. The number of carbonyl (C=O) groups is 1. The number of hydrogen-bond donors (Lipinski definition) is 2. The molecule has 0 aliphatic rings. The fourth-order valence-electron chi connectivity index (χ4n) is 1.66. The summed E-state index contributed by atoms with van der Waals surface area (Å²) in [4.78, 5) is 11.1. The predicted molar refractivity (Wildman–Crippen MR) is 60.5 cm³/mol. The van der Waals surface area contributed by atoms with Crippen LogP contribution in [-0.4, -0.2) is 21.3 Å². The molecule has 0 saturated carbocycles. The van der Waals surface area contributed by atoms with Crippen molar-refractivity contribution in [1.82, 2.24) is 10.2 Å². The van der Waals surface area contributed by atoms with Crippen molar-refractivity contribution in [3.8, 4) is 11.1 Å². The Hall–Kier alpha value is -2.10. The van der Waals surface area contributed by atoms with Crippen LogP contribution in [0.2, 0.25) is 0 Å². The summed E-state index contributed by atoms with van der Waals surface area (Å²) < 4.78 is 0. The topological polar surface area (TPSA) is 66.0 Å². The standard InChI is InChI=1S/C12H12N2O2/c1-7-3-9(10-5-13-14-6-10)4-11(8(7)2)12(15)16/h3-6H,1-2H3,(H,13,14)(H,15,16). The van der Waals surface area contributed by atoms with Crippen LogP contribution in [0.15, 0.2) is 24.5 Å². The summed E-state index contributed by atoms with van der Waals surface area (Å²) in [5.41, 5.74) is 3.88. The van der Waals surface area contributed by atoms with Crippen molar-refractivity contribution in [3.63, 3.8) is 0 Å². The molecule has 0 bridgehead atoms. The van der Waals surface area contributed by atoms with Crippen LogP contribution in [0.4, 0.5) is 0 Å². The van der Waals surface area contributed by atoms with Gasteiger partial charge in [0.15, 0.2) is 0 Å². The fraction of sp³-hybridized carbons (Fsp3) is 0.167. The molecule has 0 radical (unpaired) electrons. The maximum absolute atomic E-state index is 11.1. The van der Waals surface area contributed by atoms with E-state index in [1.54, 1.807) is 18.5 Å². The van der Waals surface area contributed by atoms with E-state index >= 15 is 0 Å². The Bertz CT molecular complexity index is 530. The average molecular weight is 216 g/mol. The largest absolute Gasteiger partial charge is 0.478 e. The van der Waals surface area contributed by atoms with Crippen LogP contribution in [0.5, 0.6) is 0 Å². The normalized spacial score (nSPS) is 10.4. The van der Waals surface area contributed by atoms with Gasteiger partial charge in [0.05, 0.1) is 11.8 Å². The molecule has 82 valence electrons. The van der Waals surface area contributed by atoms with Gasteiger partial charge in [-0.3, -0.25) is 5.10 Å². The van der Waals surface area contributed by atoms with Crippen LogP contribution >= 0.6 is 0 Å². The van der Waals surface area contributed by atoms with Gasteiger partial charge in [0.25, 0.3) is 0 Å². The highest BCUT2D eigenvalue weighted by Crippen LogP contribution is 2.24. The van der Waals surface area contributed by atoms with E-state index in [2.05, 4.69) is 10.2 Å². The Balaban J connectivity index is 2.62. The molecular formula is C12H12N2O2. The second-order valence-electron chi connectivity index (χ2n) is 3.76. The van der Waals surface area contributed by atoms with Crippen molar-refractivity contribution in [2.45, 2.75) is 13.8 Å². The van der Waals surface area contributed by atoms with Crippen LogP contribution in [0.3, 0.4) is 0 Å². The minimum absolute atomic E-state index is 0.344. The highest BCUT2D eigenvalue weighted by atomic mass is 16.4. The molecule has 0 unspecified atom stereocenters. The summed E-state index contributed by atoms with van der Waals surface area (Å²) in [7, 11) is 0. The number of aromatic nitrogens is 2. The van der Waals surface area contributed by atoms with E-state index in [1.165, 1.54) is 0 Å². The summed E-state index contributed by atoms with van der Waals surface area (Å²) in [5, 5.41) is 15.7. The van der Waals surface area contributed by atoms with Gasteiger partial charge in [-0.1, -0.05) is 6.07 Å². The average Bonchev–Trinajstić information content (AvgIpc) is 2.74. The van der Waals surface area contributed by atoms with Gasteiger partial charge in [-0.05, 0) is 36.6 Å². The first-order chi connectivity index (χ1) is 7.59. The maximum atomic E-state index is 11.1. The molecule has 2 rings (SSSR count). The number of hydrogen-bond acceptors (Lipinski definition) is 2. The Morgan fingerprint density at radius 2 is 2.06 bits per heavy atom. The van der Waals surface area contributed by atoms with E-state index in [0.29, 0.717) is 5.56 Å². The quantitative estimate of drug-likeness (QED) is 0.810. The van der Waals surface area contributed by atoms with Crippen LogP contribution in [-0.2, 0) is 0 Å². The minimum Gasteiger partial charge on any atom is -0.478 e. The number of nitrogens with zero attached hydrogens (tertiary/aromatic N) is 1. The van der Waals surface area contributed by atoms with Crippen molar-refractivity contribution in [2.24, 2.45) is 0 Å². The summed E-state index contributed by atoms with van der Waals surface area (Å²) in [6.07, 6.45) is 3.42. The van der Waals surface area contributed by atoms with Crippen molar-refractivity contribution in [3.05, 3.63) is 41.2 Å². The number of aromatic amines is 1. The molecular weight excluding hydrogens is 204 g/mol. The molecule has 0 amide bonds.